The predicted molar refractivity (Wildman–Crippen MR) is 91.7 cm³/mol. The molecule has 1 aromatic heterocycles. The number of hydrogen-bond donors (Lipinski definition) is 2. The predicted octanol–water partition coefficient (Wildman–Crippen LogP) is 1.24. The summed E-state index contributed by atoms with van der Waals surface area (Å²) in [6.45, 7) is 2.21. The Morgan fingerprint density at radius 3 is 2.38 bits per heavy atom. The zero-order valence-electron chi connectivity index (χ0n) is 13.6. The molecular formula is C17H23N3O3S. The number of carbonyl (C=O) groups is 3. The normalized spacial score (nSPS) is 18.2. The highest BCUT2D eigenvalue weighted by molar-refractivity contribution is 7.12. The van der Waals surface area contributed by atoms with E-state index in [4.69, 9.17) is 0 Å². The molecule has 0 bridgehead atoms. The van der Waals surface area contributed by atoms with Crippen molar-refractivity contribution in [1.82, 2.24) is 15.5 Å². The lowest BCUT2D eigenvalue weighted by Crippen LogP contribution is -2.44. The van der Waals surface area contributed by atoms with Gasteiger partial charge in [0.2, 0.25) is 11.8 Å². The molecule has 3 rings (SSSR count). The van der Waals surface area contributed by atoms with Crippen LogP contribution in [0.3, 0.4) is 0 Å². The number of carbonyl (C=O) groups excluding carboxylic acids is 3. The zero-order valence-corrected chi connectivity index (χ0v) is 14.4. The maximum absolute atomic E-state index is 12.2. The zero-order chi connectivity index (χ0) is 16.9. The molecule has 0 spiro atoms. The quantitative estimate of drug-likeness (QED) is 0.759. The first-order valence-electron chi connectivity index (χ1n) is 8.53. The van der Waals surface area contributed by atoms with Crippen LogP contribution < -0.4 is 10.6 Å². The van der Waals surface area contributed by atoms with Crippen LogP contribution in [0, 0.1) is 11.8 Å². The molecular weight excluding hydrogens is 326 g/mol. The van der Waals surface area contributed by atoms with E-state index in [9.17, 15) is 14.4 Å². The number of likely N-dealkylation sites (tertiary alicyclic amines) is 1. The first-order chi connectivity index (χ1) is 11.6. The van der Waals surface area contributed by atoms with Crippen molar-refractivity contribution in [2.24, 2.45) is 11.8 Å². The van der Waals surface area contributed by atoms with E-state index in [1.807, 2.05) is 16.3 Å². The summed E-state index contributed by atoms with van der Waals surface area (Å²) < 4.78 is 0. The Hall–Kier alpha value is -1.89. The summed E-state index contributed by atoms with van der Waals surface area (Å²) in [5.41, 5.74) is 0. The van der Waals surface area contributed by atoms with Crippen molar-refractivity contribution in [2.75, 3.05) is 26.2 Å². The Balaban J connectivity index is 1.31. The maximum Gasteiger partial charge on any atom is 0.261 e. The second-order valence-corrected chi connectivity index (χ2v) is 7.35. The molecule has 2 fully saturated rings. The Kier molecular flexibility index (Phi) is 5.50. The van der Waals surface area contributed by atoms with Gasteiger partial charge in [0.05, 0.1) is 4.88 Å². The molecule has 1 saturated carbocycles. The first-order valence-corrected chi connectivity index (χ1v) is 9.41. The smallest absolute Gasteiger partial charge is 0.261 e. The van der Waals surface area contributed by atoms with E-state index in [2.05, 4.69) is 10.6 Å². The minimum atomic E-state index is -0.105. The minimum Gasteiger partial charge on any atom is -0.354 e. The van der Waals surface area contributed by atoms with Crippen molar-refractivity contribution in [3.8, 4) is 0 Å². The lowest BCUT2D eigenvalue weighted by Gasteiger charge is -2.31. The molecule has 130 valence electrons. The van der Waals surface area contributed by atoms with Gasteiger partial charge in [0.25, 0.3) is 5.91 Å². The average molecular weight is 349 g/mol. The molecule has 0 radical (unpaired) electrons. The Bertz CT molecular complexity index is 590. The van der Waals surface area contributed by atoms with Gasteiger partial charge in [0.15, 0.2) is 0 Å². The third-order valence-corrected chi connectivity index (χ3v) is 5.43. The molecule has 1 aliphatic carbocycles. The molecule has 0 unspecified atom stereocenters. The number of amides is 3. The lowest BCUT2D eigenvalue weighted by molar-refractivity contribution is -0.136. The molecule has 0 atom stereocenters. The van der Waals surface area contributed by atoms with E-state index in [1.54, 1.807) is 6.07 Å². The largest absolute Gasteiger partial charge is 0.354 e. The third kappa shape index (κ3) is 4.35. The van der Waals surface area contributed by atoms with Crippen LogP contribution in [0.5, 0.6) is 0 Å². The van der Waals surface area contributed by atoms with Gasteiger partial charge in [-0.25, -0.2) is 0 Å². The Morgan fingerprint density at radius 2 is 1.75 bits per heavy atom. The average Bonchev–Trinajstić information content (AvgIpc) is 3.31. The molecule has 24 heavy (non-hydrogen) atoms. The van der Waals surface area contributed by atoms with E-state index in [0.717, 1.165) is 25.7 Å². The summed E-state index contributed by atoms with van der Waals surface area (Å²) in [7, 11) is 0. The number of rotatable bonds is 6. The number of nitrogens with zero attached hydrogens (tertiary/aromatic N) is 1. The van der Waals surface area contributed by atoms with Gasteiger partial charge in [0, 0.05) is 38.0 Å². The number of thiophene rings is 1. The van der Waals surface area contributed by atoms with Crippen LogP contribution in [-0.4, -0.2) is 48.8 Å². The molecule has 2 aliphatic rings. The van der Waals surface area contributed by atoms with Gasteiger partial charge in [-0.05, 0) is 37.1 Å². The van der Waals surface area contributed by atoms with Gasteiger partial charge < -0.3 is 15.5 Å². The maximum atomic E-state index is 12.2. The first kappa shape index (κ1) is 17.0. The van der Waals surface area contributed by atoms with Gasteiger partial charge in [-0.1, -0.05) is 6.07 Å². The minimum absolute atomic E-state index is 0.0266. The van der Waals surface area contributed by atoms with Crippen LogP contribution in [0.2, 0.25) is 0 Å². The van der Waals surface area contributed by atoms with E-state index >= 15 is 0 Å². The third-order valence-electron chi connectivity index (χ3n) is 4.56. The second kappa shape index (κ2) is 7.79. The van der Waals surface area contributed by atoms with Crippen molar-refractivity contribution in [3.05, 3.63) is 22.4 Å². The van der Waals surface area contributed by atoms with Gasteiger partial charge >= 0.3 is 0 Å². The van der Waals surface area contributed by atoms with Crippen LogP contribution in [0.1, 0.15) is 35.4 Å². The molecule has 6 nitrogen and oxygen atoms in total. The SMILES string of the molecule is O=C(NCCNC(=O)C1CCN(C(=O)C2CC2)CC1)c1cccs1. The molecule has 1 saturated heterocycles. The highest BCUT2D eigenvalue weighted by atomic mass is 32.1. The summed E-state index contributed by atoms with van der Waals surface area (Å²) in [6, 6.07) is 3.61. The lowest BCUT2D eigenvalue weighted by atomic mass is 9.95. The number of hydrogen-bond acceptors (Lipinski definition) is 4. The number of piperidine rings is 1. The van der Waals surface area contributed by atoms with Gasteiger partial charge in [-0.3, -0.25) is 14.4 Å². The highest BCUT2D eigenvalue weighted by Crippen LogP contribution is 2.32. The van der Waals surface area contributed by atoms with Crippen LogP contribution in [0.15, 0.2) is 17.5 Å². The Morgan fingerprint density at radius 1 is 1.04 bits per heavy atom. The summed E-state index contributed by atoms with van der Waals surface area (Å²) in [6.07, 6.45) is 3.50. The topological polar surface area (TPSA) is 78.5 Å². The highest BCUT2D eigenvalue weighted by Gasteiger charge is 2.35. The van der Waals surface area contributed by atoms with Crippen molar-refractivity contribution >= 4 is 29.1 Å². The van der Waals surface area contributed by atoms with Gasteiger partial charge in [0.1, 0.15) is 0 Å². The van der Waals surface area contributed by atoms with Crippen LogP contribution in [0.25, 0.3) is 0 Å². The van der Waals surface area contributed by atoms with Crippen molar-refractivity contribution < 1.29 is 14.4 Å². The molecule has 1 aromatic rings. The molecule has 7 heteroatoms. The van der Waals surface area contributed by atoms with E-state index in [0.29, 0.717) is 31.1 Å². The number of nitrogens with one attached hydrogen (secondary N) is 2. The fraction of sp³-hybridized carbons (Fsp3) is 0.588. The van der Waals surface area contributed by atoms with Crippen LogP contribution >= 0.6 is 11.3 Å². The van der Waals surface area contributed by atoms with Crippen molar-refractivity contribution in [3.63, 3.8) is 0 Å². The van der Waals surface area contributed by atoms with Gasteiger partial charge in [-0.15, -0.1) is 11.3 Å². The fourth-order valence-corrected chi connectivity index (χ4v) is 3.59. The molecule has 0 aromatic carbocycles. The van der Waals surface area contributed by atoms with E-state index in [-0.39, 0.29) is 29.6 Å². The van der Waals surface area contributed by atoms with Crippen LogP contribution in [0.4, 0.5) is 0 Å². The Labute approximate surface area is 145 Å². The fourth-order valence-electron chi connectivity index (χ4n) is 2.95. The molecule has 1 aliphatic heterocycles. The monoisotopic (exact) mass is 349 g/mol. The van der Waals surface area contributed by atoms with Crippen molar-refractivity contribution in [2.45, 2.75) is 25.7 Å². The molecule has 2 N–H and O–H groups in total. The summed E-state index contributed by atoms with van der Waals surface area (Å²) >= 11 is 1.40. The van der Waals surface area contributed by atoms with Crippen LogP contribution in [-0.2, 0) is 9.59 Å². The van der Waals surface area contributed by atoms with Gasteiger partial charge in [-0.2, -0.15) is 0 Å². The summed E-state index contributed by atoms with van der Waals surface area (Å²) in [5, 5.41) is 7.53. The molecule has 2 heterocycles. The van der Waals surface area contributed by atoms with Crippen molar-refractivity contribution in [1.29, 1.82) is 0 Å². The van der Waals surface area contributed by atoms with E-state index < -0.39 is 0 Å². The second-order valence-electron chi connectivity index (χ2n) is 6.40. The standard InChI is InChI=1S/C17H23N3O3S/c21-15(18-7-8-19-16(22)14-2-1-11-24-14)12-5-9-20(10-6-12)17(23)13-3-4-13/h1-2,11-13H,3-10H2,(H,18,21)(H,19,22). The molecule has 3 amide bonds. The summed E-state index contributed by atoms with van der Waals surface area (Å²) in [5.74, 6) is 0.416. The summed E-state index contributed by atoms with van der Waals surface area (Å²) in [4.78, 5) is 38.5. The van der Waals surface area contributed by atoms with E-state index in [1.165, 1.54) is 11.3 Å².